The lowest BCUT2D eigenvalue weighted by molar-refractivity contribution is 0.548. The first kappa shape index (κ1) is 16.2. The van der Waals surface area contributed by atoms with E-state index in [1.165, 1.54) is 0 Å². The molecule has 0 aliphatic rings. The molecule has 1 aromatic carbocycles. The van der Waals surface area contributed by atoms with Gasteiger partial charge in [-0.05, 0) is 75.2 Å². The van der Waals surface area contributed by atoms with Crippen molar-refractivity contribution in [1.29, 1.82) is 0 Å². The number of hydrogen-bond donors (Lipinski definition) is 1. The van der Waals surface area contributed by atoms with Crippen molar-refractivity contribution in [2.75, 3.05) is 6.54 Å². The number of nitrogens with zero attached hydrogens (tertiary/aromatic N) is 3. The molecule has 0 spiro atoms. The average Bonchev–Trinajstić information content (AvgIpc) is 2.74. The minimum Gasteiger partial charge on any atom is -0.305 e. The SMILES string of the molecule is CCCNC(c1cc(Cl)ccc1I)c1c(Br)nnn1C. The van der Waals surface area contributed by atoms with Crippen molar-refractivity contribution >= 4 is 50.1 Å². The molecule has 7 heteroatoms. The Kier molecular flexibility index (Phi) is 5.83. The lowest BCUT2D eigenvalue weighted by atomic mass is 10.0. The van der Waals surface area contributed by atoms with Gasteiger partial charge in [-0.25, -0.2) is 4.68 Å². The van der Waals surface area contributed by atoms with Gasteiger partial charge in [0.15, 0.2) is 4.60 Å². The van der Waals surface area contributed by atoms with E-state index in [4.69, 9.17) is 11.6 Å². The monoisotopic (exact) mass is 468 g/mol. The smallest absolute Gasteiger partial charge is 0.153 e. The topological polar surface area (TPSA) is 42.7 Å². The standard InChI is InChI=1S/C13H15BrClIN4/c1-3-6-17-11(12-13(14)18-19-20(12)2)9-7-8(15)4-5-10(9)16/h4-5,7,11,17H,3,6H2,1-2H3. The Hall–Kier alpha value is -0.180. The summed E-state index contributed by atoms with van der Waals surface area (Å²) in [6, 6.07) is 5.93. The van der Waals surface area contributed by atoms with E-state index in [-0.39, 0.29) is 6.04 Å². The van der Waals surface area contributed by atoms with Crippen LogP contribution >= 0.6 is 50.1 Å². The highest BCUT2D eigenvalue weighted by Crippen LogP contribution is 2.31. The fourth-order valence-electron chi connectivity index (χ4n) is 2.02. The van der Waals surface area contributed by atoms with E-state index < -0.39 is 0 Å². The molecule has 4 nitrogen and oxygen atoms in total. The van der Waals surface area contributed by atoms with E-state index in [0.717, 1.165) is 37.4 Å². The second-order valence-corrected chi connectivity index (χ2v) is 6.79. The highest BCUT2D eigenvalue weighted by Gasteiger charge is 2.23. The van der Waals surface area contributed by atoms with E-state index in [9.17, 15) is 0 Å². The van der Waals surface area contributed by atoms with Gasteiger partial charge in [0.1, 0.15) is 0 Å². The summed E-state index contributed by atoms with van der Waals surface area (Å²) in [5.74, 6) is 0. The van der Waals surface area contributed by atoms with Crippen LogP contribution in [0.15, 0.2) is 22.8 Å². The van der Waals surface area contributed by atoms with Crippen LogP contribution in [-0.4, -0.2) is 21.5 Å². The van der Waals surface area contributed by atoms with Gasteiger partial charge in [-0.1, -0.05) is 23.7 Å². The van der Waals surface area contributed by atoms with Crippen molar-refractivity contribution in [3.63, 3.8) is 0 Å². The highest BCUT2D eigenvalue weighted by atomic mass is 127. The lowest BCUT2D eigenvalue weighted by Gasteiger charge is -2.21. The summed E-state index contributed by atoms with van der Waals surface area (Å²) in [6.45, 7) is 3.05. The third kappa shape index (κ3) is 3.52. The number of nitrogens with one attached hydrogen (secondary N) is 1. The van der Waals surface area contributed by atoms with E-state index >= 15 is 0 Å². The van der Waals surface area contributed by atoms with Gasteiger partial charge in [0.2, 0.25) is 0 Å². The van der Waals surface area contributed by atoms with Crippen LogP contribution in [0.5, 0.6) is 0 Å². The summed E-state index contributed by atoms with van der Waals surface area (Å²) in [5.41, 5.74) is 2.14. The molecule has 0 saturated heterocycles. The Balaban J connectivity index is 2.50. The van der Waals surface area contributed by atoms with Gasteiger partial charge in [-0.3, -0.25) is 0 Å². The first-order valence-electron chi connectivity index (χ1n) is 6.28. The molecule has 1 unspecified atom stereocenters. The van der Waals surface area contributed by atoms with Crippen LogP contribution in [0.2, 0.25) is 5.02 Å². The highest BCUT2D eigenvalue weighted by molar-refractivity contribution is 14.1. The average molecular weight is 470 g/mol. The molecule has 2 aromatic rings. The summed E-state index contributed by atoms with van der Waals surface area (Å²) in [6.07, 6.45) is 1.05. The number of aryl methyl sites for hydroxylation is 1. The summed E-state index contributed by atoms with van der Waals surface area (Å²) in [4.78, 5) is 0. The van der Waals surface area contributed by atoms with Crippen molar-refractivity contribution < 1.29 is 0 Å². The molecule has 0 aliphatic carbocycles. The summed E-state index contributed by atoms with van der Waals surface area (Å²) in [7, 11) is 1.89. The molecule has 0 radical (unpaired) electrons. The van der Waals surface area contributed by atoms with Crippen LogP contribution in [0.25, 0.3) is 0 Å². The van der Waals surface area contributed by atoms with E-state index in [1.807, 2.05) is 25.2 Å². The molecule has 0 aliphatic heterocycles. The molecule has 108 valence electrons. The fraction of sp³-hybridized carbons (Fsp3) is 0.385. The number of rotatable bonds is 5. The predicted octanol–water partition coefficient (Wildman–Crippen LogP) is 3.92. The Morgan fingerprint density at radius 1 is 1.50 bits per heavy atom. The van der Waals surface area contributed by atoms with Gasteiger partial charge in [0.05, 0.1) is 11.7 Å². The minimum atomic E-state index is 0.00919. The second kappa shape index (κ2) is 7.20. The van der Waals surface area contributed by atoms with Crippen molar-refractivity contribution in [2.24, 2.45) is 7.05 Å². The maximum absolute atomic E-state index is 6.16. The molecule has 1 heterocycles. The van der Waals surface area contributed by atoms with E-state index in [2.05, 4.69) is 61.1 Å². The van der Waals surface area contributed by atoms with Crippen LogP contribution in [0, 0.1) is 3.57 Å². The molecule has 2 rings (SSSR count). The van der Waals surface area contributed by atoms with Gasteiger partial charge in [-0.15, -0.1) is 5.10 Å². The largest absolute Gasteiger partial charge is 0.305 e. The second-order valence-electron chi connectivity index (χ2n) is 4.44. The first-order valence-corrected chi connectivity index (χ1v) is 8.53. The molecule has 1 aromatic heterocycles. The maximum atomic E-state index is 6.16. The van der Waals surface area contributed by atoms with E-state index in [0.29, 0.717) is 0 Å². The zero-order valence-electron chi connectivity index (χ0n) is 11.2. The molecule has 0 amide bonds. The number of aromatic nitrogens is 3. The molecule has 0 saturated carbocycles. The molecule has 20 heavy (non-hydrogen) atoms. The zero-order chi connectivity index (χ0) is 14.7. The van der Waals surface area contributed by atoms with Crippen LogP contribution in [0.1, 0.15) is 30.6 Å². The Bertz CT molecular complexity index is 583. The van der Waals surface area contributed by atoms with Gasteiger partial charge in [0.25, 0.3) is 0 Å². The van der Waals surface area contributed by atoms with Crippen molar-refractivity contribution in [1.82, 2.24) is 20.3 Å². The third-order valence-corrected chi connectivity index (χ3v) is 4.75. The Morgan fingerprint density at radius 3 is 2.85 bits per heavy atom. The molecule has 1 N–H and O–H groups in total. The first-order chi connectivity index (χ1) is 9.54. The summed E-state index contributed by atoms with van der Waals surface area (Å²) >= 11 is 12.0. The van der Waals surface area contributed by atoms with Crippen LogP contribution in [0.4, 0.5) is 0 Å². The van der Waals surface area contributed by atoms with Crippen LogP contribution < -0.4 is 5.32 Å². The molecular formula is C13H15BrClIN4. The maximum Gasteiger partial charge on any atom is 0.153 e. The zero-order valence-corrected chi connectivity index (χ0v) is 15.7. The van der Waals surface area contributed by atoms with Crippen molar-refractivity contribution in [3.05, 3.63) is 42.7 Å². The van der Waals surface area contributed by atoms with Gasteiger partial charge >= 0.3 is 0 Å². The number of hydrogen-bond acceptors (Lipinski definition) is 3. The number of halogens is 3. The van der Waals surface area contributed by atoms with Crippen LogP contribution in [-0.2, 0) is 7.05 Å². The quantitative estimate of drug-likeness (QED) is 0.675. The van der Waals surface area contributed by atoms with E-state index in [1.54, 1.807) is 4.68 Å². The normalized spacial score (nSPS) is 12.7. The Morgan fingerprint density at radius 2 is 2.25 bits per heavy atom. The predicted molar refractivity (Wildman–Crippen MR) is 93.0 cm³/mol. The number of benzene rings is 1. The molecular weight excluding hydrogens is 454 g/mol. The van der Waals surface area contributed by atoms with Gasteiger partial charge in [-0.2, -0.15) is 0 Å². The molecule has 1 atom stereocenters. The van der Waals surface area contributed by atoms with Gasteiger partial charge in [0, 0.05) is 15.6 Å². The third-order valence-electron chi connectivity index (χ3n) is 2.97. The van der Waals surface area contributed by atoms with Crippen molar-refractivity contribution in [3.8, 4) is 0 Å². The summed E-state index contributed by atoms with van der Waals surface area (Å²) in [5, 5.41) is 12.4. The minimum absolute atomic E-state index is 0.00919. The Labute approximate surface area is 145 Å². The lowest BCUT2D eigenvalue weighted by Crippen LogP contribution is -2.26. The molecule has 0 bridgehead atoms. The molecule has 0 fully saturated rings. The van der Waals surface area contributed by atoms with Gasteiger partial charge < -0.3 is 5.32 Å². The fourth-order valence-corrected chi connectivity index (χ4v) is 3.41. The summed E-state index contributed by atoms with van der Waals surface area (Å²) < 4.78 is 3.70. The van der Waals surface area contributed by atoms with Crippen molar-refractivity contribution in [2.45, 2.75) is 19.4 Å². The van der Waals surface area contributed by atoms with Crippen LogP contribution in [0.3, 0.4) is 0 Å².